The van der Waals surface area contributed by atoms with Crippen LogP contribution >= 0.6 is 0 Å². The van der Waals surface area contributed by atoms with Gasteiger partial charge in [-0.1, -0.05) is 18.2 Å². The van der Waals surface area contributed by atoms with Crippen LogP contribution in [0.3, 0.4) is 0 Å². The smallest absolute Gasteiger partial charge is 0.416 e. The summed E-state index contributed by atoms with van der Waals surface area (Å²) in [5.74, 6) is 0. The zero-order valence-corrected chi connectivity index (χ0v) is 9.17. The largest absolute Gasteiger partial charge is 0.468 e. The average Bonchev–Trinajstić information content (AvgIpc) is 2.28. The highest BCUT2D eigenvalue weighted by molar-refractivity contribution is 5.36. The second kappa shape index (κ2) is 6.27. The zero-order valence-electron chi connectivity index (χ0n) is 9.17. The van der Waals surface area contributed by atoms with Gasteiger partial charge >= 0.3 is 6.18 Å². The highest BCUT2D eigenvalue weighted by atomic mass is 19.4. The van der Waals surface area contributed by atoms with E-state index in [9.17, 15) is 18.0 Å². The van der Waals surface area contributed by atoms with Gasteiger partial charge in [0.05, 0.1) is 12.2 Å². The predicted molar refractivity (Wildman–Crippen MR) is 56.4 cm³/mol. The van der Waals surface area contributed by atoms with Crippen LogP contribution in [0.15, 0.2) is 24.3 Å². The molecular weight excluding hydrogens is 233 g/mol. The maximum absolute atomic E-state index is 12.4. The van der Waals surface area contributed by atoms with Gasteiger partial charge < -0.3 is 4.74 Å². The first-order valence-electron chi connectivity index (χ1n) is 5.25. The van der Waals surface area contributed by atoms with E-state index in [0.717, 1.165) is 12.1 Å². The van der Waals surface area contributed by atoms with E-state index in [2.05, 4.69) is 4.74 Å². The maximum Gasteiger partial charge on any atom is 0.416 e. The van der Waals surface area contributed by atoms with Gasteiger partial charge in [0, 0.05) is 0 Å². The van der Waals surface area contributed by atoms with Crippen molar-refractivity contribution in [2.24, 2.45) is 0 Å². The van der Waals surface area contributed by atoms with Gasteiger partial charge in [-0.05, 0) is 30.9 Å². The van der Waals surface area contributed by atoms with Crippen molar-refractivity contribution in [1.82, 2.24) is 0 Å². The minimum absolute atomic E-state index is 0.308. The van der Waals surface area contributed by atoms with Gasteiger partial charge in [0.25, 0.3) is 6.47 Å². The molecule has 0 bridgehead atoms. The van der Waals surface area contributed by atoms with Gasteiger partial charge in [-0.3, -0.25) is 4.79 Å². The number of carbonyl (C=O) groups is 1. The molecule has 0 atom stereocenters. The van der Waals surface area contributed by atoms with Gasteiger partial charge in [-0.15, -0.1) is 0 Å². The van der Waals surface area contributed by atoms with Gasteiger partial charge in [-0.25, -0.2) is 0 Å². The molecule has 1 rings (SSSR count). The van der Waals surface area contributed by atoms with Crippen molar-refractivity contribution < 1.29 is 22.7 Å². The number of rotatable bonds is 6. The Hall–Kier alpha value is -1.52. The molecule has 94 valence electrons. The Morgan fingerprint density at radius 3 is 2.65 bits per heavy atom. The lowest BCUT2D eigenvalue weighted by atomic mass is 10.1. The SMILES string of the molecule is O=COCCCCc1cccc(C(F)(F)F)c1. The molecule has 0 aromatic heterocycles. The van der Waals surface area contributed by atoms with Crippen LogP contribution in [0.2, 0.25) is 0 Å². The summed E-state index contributed by atoms with van der Waals surface area (Å²) < 4.78 is 41.7. The third-order valence-corrected chi connectivity index (χ3v) is 2.30. The quantitative estimate of drug-likeness (QED) is 0.569. The number of unbranched alkanes of at least 4 members (excludes halogenated alkanes) is 1. The number of alkyl halides is 3. The number of aryl methyl sites for hydroxylation is 1. The zero-order chi connectivity index (χ0) is 12.7. The minimum Gasteiger partial charge on any atom is -0.468 e. The Labute approximate surface area is 97.4 Å². The van der Waals surface area contributed by atoms with Crippen LogP contribution in [-0.4, -0.2) is 13.1 Å². The maximum atomic E-state index is 12.4. The van der Waals surface area contributed by atoms with Crippen molar-refractivity contribution in [2.45, 2.75) is 25.4 Å². The molecule has 0 N–H and O–H groups in total. The molecule has 0 aliphatic rings. The molecule has 0 radical (unpaired) electrons. The first-order chi connectivity index (χ1) is 8.04. The molecule has 0 spiro atoms. The molecule has 0 saturated carbocycles. The lowest BCUT2D eigenvalue weighted by molar-refractivity contribution is -0.137. The van der Waals surface area contributed by atoms with E-state index >= 15 is 0 Å². The minimum atomic E-state index is -4.30. The summed E-state index contributed by atoms with van der Waals surface area (Å²) in [5, 5.41) is 0. The van der Waals surface area contributed by atoms with E-state index in [1.807, 2.05) is 0 Å². The van der Waals surface area contributed by atoms with E-state index in [0.29, 0.717) is 37.9 Å². The average molecular weight is 246 g/mol. The number of hydrogen-bond donors (Lipinski definition) is 0. The van der Waals surface area contributed by atoms with Crippen LogP contribution in [-0.2, 0) is 22.1 Å². The molecule has 2 nitrogen and oxygen atoms in total. The van der Waals surface area contributed by atoms with Crippen molar-refractivity contribution in [3.05, 3.63) is 35.4 Å². The molecule has 0 heterocycles. The van der Waals surface area contributed by atoms with E-state index in [1.165, 1.54) is 6.07 Å². The summed E-state index contributed by atoms with van der Waals surface area (Å²) in [4.78, 5) is 9.85. The summed E-state index contributed by atoms with van der Waals surface area (Å²) in [6.45, 7) is 0.673. The van der Waals surface area contributed by atoms with E-state index in [4.69, 9.17) is 0 Å². The Balaban J connectivity index is 2.46. The molecule has 0 aliphatic heterocycles. The Kier molecular flexibility index (Phi) is 5.00. The molecule has 1 aromatic rings. The summed E-state index contributed by atoms with van der Waals surface area (Å²) in [5.41, 5.74) is 0.0186. The van der Waals surface area contributed by atoms with Crippen LogP contribution < -0.4 is 0 Å². The van der Waals surface area contributed by atoms with Gasteiger partial charge in [-0.2, -0.15) is 13.2 Å². The Bertz CT molecular complexity index is 361. The van der Waals surface area contributed by atoms with Crippen LogP contribution in [0.25, 0.3) is 0 Å². The standard InChI is InChI=1S/C12H13F3O2/c13-12(14,15)11-6-3-5-10(8-11)4-1-2-7-17-9-16/h3,5-6,8-9H,1-2,4,7H2. The first kappa shape index (κ1) is 13.5. The molecule has 0 aliphatic carbocycles. The van der Waals surface area contributed by atoms with Crippen molar-refractivity contribution in [3.63, 3.8) is 0 Å². The first-order valence-corrected chi connectivity index (χ1v) is 5.25. The predicted octanol–water partition coefficient (Wildman–Crippen LogP) is 3.20. The van der Waals surface area contributed by atoms with E-state index in [-0.39, 0.29) is 0 Å². The third-order valence-electron chi connectivity index (χ3n) is 2.30. The number of carbonyl (C=O) groups excluding carboxylic acids is 1. The number of halogens is 3. The fourth-order valence-electron chi connectivity index (χ4n) is 1.47. The van der Waals surface area contributed by atoms with E-state index in [1.54, 1.807) is 6.07 Å². The third kappa shape index (κ3) is 4.89. The van der Waals surface area contributed by atoms with Gasteiger partial charge in [0.15, 0.2) is 0 Å². The number of benzene rings is 1. The molecule has 0 saturated heterocycles. The van der Waals surface area contributed by atoms with Crippen molar-refractivity contribution >= 4 is 6.47 Å². The Morgan fingerprint density at radius 1 is 1.24 bits per heavy atom. The van der Waals surface area contributed by atoms with Crippen molar-refractivity contribution in [3.8, 4) is 0 Å². The second-order valence-corrected chi connectivity index (χ2v) is 3.62. The monoisotopic (exact) mass is 246 g/mol. The van der Waals surface area contributed by atoms with Crippen LogP contribution in [0.1, 0.15) is 24.0 Å². The lowest BCUT2D eigenvalue weighted by Crippen LogP contribution is -2.05. The summed E-state index contributed by atoms with van der Waals surface area (Å²) in [6, 6.07) is 5.27. The lowest BCUT2D eigenvalue weighted by Gasteiger charge is -2.08. The van der Waals surface area contributed by atoms with Gasteiger partial charge in [0.2, 0.25) is 0 Å². The normalized spacial score (nSPS) is 11.2. The number of hydrogen-bond acceptors (Lipinski definition) is 2. The molecule has 17 heavy (non-hydrogen) atoms. The number of ether oxygens (including phenoxy) is 1. The summed E-state index contributed by atoms with van der Waals surface area (Å²) >= 11 is 0. The van der Waals surface area contributed by atoms with Crippen molar-refractivity contribution in [2.75, 3.05) is 6.61 Å². The van der Waals surface area contributed by atoms with E-state index < -0.39 is 11.7 Å². The highest BCUT2D eigenvalue weighted by Crippen LogP contribution is 2.29. The molecule has 5 heteroatoms. The van der Waals surface area contributed by atoms with Crippen LogP contribution in [0.5, 0.6) is 0 Å². The highest BCUT2D eigenvalue weighted by Gasteiger charge is 2.30. The second-order valence-electron chi connectivity index (χ2n) is 3.62. The molecule has 0 amide bonds. The van der Waals surface area contributed by atoms with Crippen LogP contribution in [0, 0.1) is 0 Å². The van der Waals surface area contributed by atoms with Gasteiger partial charge in [0.1, 0.15) is 0 Å². The molecular formula is C12H13F3O2. The molecule has 0 fully saturated rings. The molecule has 1 aromatic carbocycles. The fourth-order valence-corrected chi connectivity index (χ4v) is 1.47. The Morgan fingerprint density at radius 2 is 2.00 bits per heavy atom. The van der Waals surface area contributed by atoms with Crippen molar-refractivity contribution in [1.29, 1.82) is 0 Å². The summed E-state index contributed by atoms with van der Waals surface area (Å²) in [7, 11) is 0. The topological polar surface area (TPSA) is 26.3 Å². The van der Waals surface area contributed by atoms with Crippen LogP contribution in [0.4, 0.5) is 13.2 Å². The summed E-state index contributed by atoms with van der Waals surface area (Å²) in [6.07, 6.45) is -2.41. The molecule has 0 unspecified atom stereocenters. The fraction of sp³-hybridized carbons (Fsp3) is 0.417.